The van der Waals surface area contributed by atoms with Crippen LogP contribution in [0.3, 0.4) is 0 Å². The zero-order chi connectivity index (χ0) is 21.9. The van der Waals surface area contributed by atoms with E-state index in [2.05, 4.69) is 5.32 Å². The van der Waals surface area contributed by atoms with E-state index >= 15 is 0 Å². The van der Waals surface area contributed by atoms with Crippen molar-refractivity contribution >= 4 is 23.6 Å². The highest BCUT2D eigenvalue weighted by Crippen LogP contribution is 2.20. The Morgan fingerprint density at radius 2 is 1.83 bits per heavy atom. The SMILES string of the molecule is CCNC(=O)C(CC)N(Cc1ccc(OC)cc1)C(=O)CSCc1ccccc1F. The summed E-state index contributed by atoms with van der Waals surface area (Å²) in [4.78, 5) is 27.2. The molecule has 0 saturated carbocycles. The molecule has 1 N–H and O–H groups in total. The molecule has 0 saturated heterocycles. The zero-order valence-electron chi connectivity index (χ0n) is 17.7. The molecule has 0 fully saturated rings. The topological polar surface area (TPSA) is 58.6 Å². The summed E-state index contributed by atoms with van der Waals surface area (Å²) in [7, 11) is 1.60. The van der Waals surface area contributed by atoms with Crippen molar-refractivity contribution in [3.63, 3.8) is 0 Å². The van der Waals surface area contributed by atoms with E-state index in [1.165, 1.54) is 17.8 Å². The van der Waals surface area contributed by atoms with Crippen LogP contribution in [-0.4, -0.2) is 42.2 Å². The Hall–Kier alpha value is -2.54. The largest absolute Gasteiger partial charge is 0.497 e. The zero-order valence-corrected chi connectivity index (χ0v) is 18.5. The highest BCUT2D eigenvalue weighted by Gasteiger charge is 2.28. The number of benzene rings is 2. The summed E-state index contributed by atoms with van der Waals surface area (Å²) >= 11 is 1.34. The van der Waals surface area contributed by atoms with Gasteiger partial charge in [0.2, 0.25) is 11.8 Å². The van der Waals surface area contributed by atoms with Gasteiger partial charge in [0.1, 0.15) is 17.6 Å². The quantitative estimate of drug-likeness (QED) is 0.583. The van der Waals surface area contributed by atoms with Gasteiger partial charge in [-0.25, -0.2) is 4.39 Å². The standard InChI is InChI=1S/C23H29FN2O3S/c1-4-21(23(28)25-5-2)26(14-17-10-12-19(29-3)13-11-17)22(27)16-30-15-18-8-6-7-9-20(18)24/h6-13,21H,4-5,14-16H2,1-3H3,(H,25,28). The van der Waals surface area contributed by atoms with Gasteiger partial charge in [-0.3, -0.25) is 9.59 Å². The van der Waals surface area contributed by atoms with E-state index in [4.69, 9.17) is 4.74 Å². The molecule has 0 aliphatic rings. The third-order valence-electron chi connectivity index (χ3n) is 4.69. The lowest BCUT2D eigenvalue weighted by molar-refractivity contribution is -0.139. The van der Waals surface area contributed by atoms with Crippen molar-refractivity contribution in [3.05, 3.63) is 65.5 Å². The molecule has 162 valence electrons. The average Bonchev–Trinajstić information content (AvgIpc) is 2.75. The molecule has 2 aromatic carbocycles. The second-order valence-electron chi connectivity index (χ2n) is 6.77. The Kier molecular flexibility index (Phi) is 9.67. The smallest absolute Gasteiger partial charge is 0.242 e. The normalized spacial score (nSPS) is 11.6. The average molecular weight is 433 g/mol. The van der Waals surface area contributed by atoms with E-state index in [0.717, 1.165) is 11.3 Å². The van der Waals surface area contributed by atoms with Gasteiger partial charge in [0, 0.05) is 18.8 Å². The van der Waals surface area contributed by atoms with E-state index < -0.39 is 6.04 Å². The minimum Gasteiger partial charge on any atom is -0.497 e. The molecule has 1 atom stereocenters. The Bertz CT molecular complexity index is 829. The third-order valence-corrected chi connectivity index (χ3v) is 5.66. The maximum absolute atomic E-state index is 13.8. The number of ether oxygens (including phenoxy) is 1. The second-order valence-corrected chi connectivity index (χ2v) is 7.76. The molecule has 7 heteroatoms. The summed E-state index contributed by atoms with van der Waals surface area (Å²) in [6.07, 6.45) is 0.506. The van der Waals surface area contributed by atoms with Crippen molar-refractivity contribution < 1.29 is 18.7 Å². The van der Waals surface area contributed by atoms with Crippen LogP contribution in [0.2, 0.25) is 0 Å². The summed E-state index contributed by atoms with van der Waals surface area (Å²) in [6, 6.07) is 13.4. The summed E-state index contributed by atoms with van der Waals surface area (Å²) < 4.78 is 19.0. The molecular weight excluding hydrogens is 403 g/mol. The van der Waals surface area contributed by atoms with Crippen LogP contribution in [0.1, 0.15) is 31.4 Å². The highest BCUT2D eigenvalue weighted by atomic mass is 32.2. The minimum atomic E-state index is -0.561. The summed E-state index contributed by atoms with van der Waals surface area (Å²) in [5.74, 6) is 0.702. The molecule has 2 amide bonds. The van der Waals surface area contributed by atoms with Gasteiger partial charge in [0.25, 0.3) is 0 Å². The Labute approximate surface area is 182 Å². The van der Waals surface area contributed by atoms with E-state index in [-0.39, 0.29) is 23.4 Å². The fourth-order valence-corrected chi connectivity index (χ4v) is 3.98. The van der Waals surface area contributed by atoms with E-state index in [0.29, 0.717) is 30.8 Å². The first-order valence-electron chi connectivity index (χ1n) is 10.0. The van der Waals surface area contributed by atoms with Crippen molar-refractivity contribution in [3.8, 4) is 5.75 Å². The predicted octanol–water partition coefficient (Wildman–Crippen LogP) is 4.01. The van der Waals surface area contributed by atoms with Gasteiger partial charge in [-0.05, 0) is 42.7 Å². The molecule has 2 aromatic rings. The Balaban J connectivity index is 2.12. The molecule has 5 nitrogen and oxygen atoms in total. The molecule has 2 rings (SSSR count). The number of methoxy groups -OCH3 is 1. The van der Waals surface area contributed by atoms with Crippen LogP contribution in [0.5, 0.6) is 5.75 Å². The fourth-order valence-electron chi connectivity index (χ4n) is 3.09. The number of rotatable bonds is 11. The monoisotopic (exact) mass is 432 g/mol. The minimum absolute atomic E-state index is 0.148. The maximum atomic E-state index is 13.8. The predicted molar refractivity (Wildman–Crippen MR) is 119 cm³/mol. The van der Waals surface area contributed by atoms with Crippen molar-refractivity contribution in [2.24, 2.45) is 0 Å². The van der Waals surface area contributed by atoms with Crippen LogP contribution >= 0.6 is 11.8 Å². The van der Waals surface area contributed by atoms with Crippen molar-refractivity contribution in [2.45, 2.75) is 38.6 Å². The molecule has 0 aliphatic carbocycles. The summed E-state index contributed by atoms with van der Waals surface area (Å²) in [5.41, 5.74) is 1.47. The number of halogens is 1. The number of nitrogens with one attached hydrogen (secondary N) is 1. The van der Waals surface area contributed by atoms with Gasteiger partial charge >= 0.3 is 0 Å². The van der Waals surface area contributed by atoms with Gasteiger partial charge in [-0.15, -0.1) is 11.8 Å². The fraction of sp³-hybridized carbons (Fsp3) is 0.391. The lowest BCUT2D eigenvalue weighted by atomic mass is 10.1. The summed E-state index contributed by atoms with van der Waals surface area (Å²) in [6.45, 7) is 4.56. The lowest BCUT2D eigenvalue weighted by Gasteiger charge is -2.30. The van der Waals surface area contributed by atoms with Crippen molar-refractivity contribution in [1.82, 2.24) is 10.2 Å². The number of thioether (sulfide) groups is 1. The van der Waals surface area contributed by atoms with Crippen LogP contribution < -0.4 is 10.1 Å². The molecule has 0 spiro atoms. The van der Waals surface area contributed by atoms with Crippen molar-refractivity contribution in [2.75, 3.05) is 19.4 Å². The highest BCUT2D eigenvalue weighted by molar-refractivity contribution is 7.99. The van der Waals surface area contributed by atoms with Crippen LogP contribution in [0, 0.1) is 5.82 Å². The van der Waals surface area contributed by atoms with Crippen LogP contribution in [0.25, 0.3) is 0 Å². The Morgan fingerprint density at radius 1 is 1.13 bits per heavy atom. The van der Waals surface area contributed by atoms with Gasteiger partial charge in [0.05, 0.1) is 12.9 Å². The van der Waals surface area contributed by atoms with Gasteiger partial charge in [-0.2, -0.15) is 0 Å². The number of carbonyl (C=O) groups is 2. The molecule has 0 bridgehead atoms. The van der Waals surface area contributed by atoms with Gasteiger partial charge in [-0.1, -0.05) is 37.3 Å². The van der Waals surface area contributed by atoms with Gasteiger partial charge < -0.3 is 15.0 Å². The first kappa shape index (κ1) is 23.7. The molecule has 30 heavy (non-hydrogen) atoms. The van der Waals surface area contributed by atoms with E-state index in [9.17, 15) is 14.0 Å². The third kappa shape index (κ3) is 6.76. The molecule has 0 radical (unpaired) electrons. The van der Waals surface area contributed by atoms with E-state index in [1.54, 1.807) is 30.2 Å². The number of hydrogen-bond acceptors (Lipinski definition) is 4. The summed E-state index contributed by atoms with van der Waals surface area (Å²) in [5, 5.41) is 2.82. The molecular formula is C23H29FN2O3S. The van der Waals surface area contributed by atoms with Crippen LogP contribution in [-0.2, 0) is 21.9 Å². The lowest BCUT2D eigenvalue weighted by Crippen LogP contribution is -2.49. The maximum Gasteiger partial charge on any atom is 0.242 e. The number of nitrogens with zero attached hydrogens (tertiary/aromatic N) is 1. The number of amides is 2. The van der Waals surface area contributed by atoms with Crippen LogP contribution in [0.4, 0.5) is 4.39 Å². The van der Waals surface area contributed by atoms with E-state index in [1.807, 2.05) is 38.1 Å². The number of hydrogen-bond donors (Lipinski definition) is 1. The molecule has 0 heterocycles. The number of carbonyl (C=O) groups excluding carboxylic acids is 2. The van der Waals surface area contributed by atoms with Crippen molar-refractivity contribution in [1.29, 1.82) is 0 Å². The van der Waals surface area contributed by atoms with Gasteiger partial charge in [0.15, 0.2) is 0 Å². The Morgan fingerprint density at radius 3 is 2.43 bits per heavy atom. The molecule has 0 aliphatic heterocycles. The first-order valence-corrected chi connectivity index (χ1v) is 11.2. The second kappa shape index (κ2) is 12.2. The molecule has 1 unspecified atom stereocenters. The molecule has 0 aromatic heterocycles. The number of likely N-dealkylation sites (N-methyl/N-ethyl adjacent to an activating group) is 1. The van der Waals surface area contributed by atoms with Crippen LogP contribution in [0.15, 0.2) is 48.5 Å². The first-order chi connectivity index (χ1) is 14.5.